The number of aryl methyl sites for hydroxylation is 1. The lowest BCUT2D eigenvalue weighted by atomic mass is 9.85. The molecule has 2 aromatic carbocycles. The van der Waals surface area contributed by atoms with Crippen molar-refractivity contribution in [1.29, 1.82) is 0 Å². The van der Waals surface area contributed by atoms with Crippen molar-refractivity contribution in [3.05, 3.63) is 70.5 Å². The van der Waals surface area contributed by atoms with Gasteiger partial charge < -0.3 is 5.11 Å². The fourth-order valence-electron chi connectivity index (χ4n) is 2.47. The van der Waals surface area contributed by atoms with Crippen LogP contribution < -0.4 is 0 Å². The molecule has 2 aromatic rings. The number of aliphatic hydroxyl groups is 1. The highest BCUT2D eigenvalue weighted by Crippen LogP contribution is 2.29. The number of halogens is 1. The Morgan fingerprint density at radius 2 is 1.79 bits per heavy atom. The summed E-state index contributed by atoms with van der Waals surface area (Å²) >= 11 is 0. The van der Waals surface area contributed by atoms with Gasteiger partial charge in [-0.25, -0.2) is 4.39 Å². The summed E-state index contributed by atoms with van der Waals surface area (Å²) in [5.74, 6) is -0.269. The van der Waals surface area contributed by atoms with Crippen molar-refractivity contribution >= 4 is 0 Å². The molecule has 2 heteroatoms. The van der Waals surface area contributed by atoms with Crippen LogP contribution in [0.25, 0.3) is 0 Å². The van der Waals surface area contributed by atoms with Gasteiger partial charge in [-0.3, -0.25) is 0 Å². The van der Waals surface area contributed by atoms with Crippen LogP contribution in [0.5, 0.6) is 0 Å². The molecule has 0 aliphatic heterocycles. The molecule has 0 bridgehead atoms. The van der Waals surface area contributed by atoms with Gasteiger partial charge in [0.15, 0.2) is 0 Å². The zero-order valence-electron chi connectivity index (χ0n) is 11.6. The third-order valence-electron chi connectivity index (χ3n) is 3.62. The smallest absolute Gasteiger partial charge is 0.123 e. The molecule has 1 nitrogen and oxygen atoms in total. The Bertz CT molecular complexity index is 588. The summed E-state index contributed by atoms with van der Waals surface area (Å²) in [5, 5.41) is 10.7. The SMILES string of the molecule is Cc1cccc(C(C)(O)Cc2cccc(F)c2)c1C. The quantitative estimate of drug-likeness (QED) is 0.885. The summed E-state index contributed by atoms with van der Waals surface area (Å²) in [7, 11) is 0. The summed E-state index contributed by atoms with van der Waals surface area (Å²) in [6, 6.07) is 12.3. The molecule has 0 amide bonds. The molecule has 0 radical (unpaired) electrons. The van der Waals surface area contributed by atoms with Crippen molar-refractivity contribution in [3.63, 3.8) is 0 Å². The van der Waals surface area contributed by atoms with Crippen molar-refractivity contribution in [3.8, 4) is 0 Å². The Morgan fingerprint density at radius 3 is 2.47 bits per heavy atom. The van der Waals surface area contributed by atoms with Crippen LogP contribution in [0, 0.1) is 19.7 Å². The van der Waals surface area contributed by atoms with Crippen LogP contribution in [0.3, 0.4) is 0 Å². The first-order valence-electron chi connectivity index (χ1n) is 6.44. The van der Waals surface area contributed by atoms with Crippen LogP contribution >= 0.6 is 0 Å². The van der Waals surface area contributed by atoms with Crippen LogP contribution in [0.1, 0.15) is 29.2 Å². The van der Waals surface area contributed by atoms with Crippen LogP contribution in [0.2, 0.25) is 0 Å². The minimum Gasteiger partial charge on any atom is -0.385 e. The predicted molar refractivity (Wildman–Crippen MR) is 75.6 cm³/mol. The van der Waals surface area contributed by atoms with E-state index >= 15 is 0 Å². The van der Waals surface area contributed by atoms with Gasteiger partial charge in [0, 0.05) is 6.42 Å². The topological polar surface area (TPSA) is 20.2 Å². The third-order valence-corrected chi connectivity index (χ3v) is 3.62. The molecule has 0 heterocycles. The first kappa shape index (κ1) is 13.8. The van der Waals surface area contributed by atoms with Gasteiger partial charge in [0.1, 0.15) is 5.82 Å². The highest BCUT2D eigenvalue weighted by atomic mass is 19.1. The lowest BCUT2D eigenvalue weighted by molar-refractivity contribution is 0.0568. The second-order valence-electron chi connectivity index (χ2n) is 5.33. The summed E-state index contributed by atoms with van der Waals surface area (Å²) in [6.45, 7) is 5.81. The number of hydrogen-bond donors (Lipinski definition) is 1. The molecule has 0 saturated heterocycles. The Labute approximate surface area is 113 Å². The van der Waals surface area contributed by atoms with Crippen molar-refractivity contribution in [2.75, 3.05) is 0 Å². The maximum absolute atomic E-state index is 13.2. The van der Waals surface area contributed by atoms with E-state index < -0.39 is 5.60 Å². The monoisotopic (exact) mass is 258 g/mol. The van der Waals surface area contributed by atoms with Gasteiger partial charge in [0.05, 0.1) is 5.60 Å². The maximum atomic E-state index is 13.2. The van der Waals surface area contributed by atoms with Crippen LogP contribution in [-0.2, 0) is 12.0 Å². The van der Waals surface area contributed by atoms with Crippen molar-refractivity contribution in [1.82, 2.24) is 0 Å². The van der Waals surface area contributed by atoms with E-state index in [9.17, 15) is 9.50 Å². The average molecular weight is 258 g/mol. The Hall–Kier alpha value is -1.67. The van der Waals surface area contributed by atoms with Gasteiger partial charge in [-0.15, -0.1) is 0 Å². The molecule has 0 aliphatic carbocycles. The number of hydrogen-bond acceptors (Lipinski definition) is 1. The third kappa shape index (κ3) is 3.02. The minimum absolute atomic E-state index is 0.269. The Balaban J connectivity index is 2.34. The number of rotatable bonds is 3. The largest absolute Gasteiger partial charge is 0.385 e. The summed E-state index contributed by atoms with van der Waals surface area (Å²) in [5.41, 5.74) is 2.94. The zero-order valence-corrected chi connectivity index (χ0v) is 11.6. The minimum atomic E-state index is -0.996. The van der Waals surface area contributed by atoms with Gasteiger partial charge in [-0.2, -0.15) is 0 Å². The molecule has 1 N–H and O–H groups in total. The summed E-state index contributed by atoms with van der Waals surface area (Å²) in [6.07, 6.45) is 0.398. The van der Waals surface area contributed by atoms with Gasteiger partial charge >= 0.3 is 0 Å². The molecule has 1 atom stereocenters. The molecule has 2 rings (SSSR count). The molecule has 0 aromatic heterocycles. The fraction of sp³-hybridized carbons (Fsp3) is 0.294. The summed E-state index contributed by atoms with van der Waals surface area (Å²) < 4.78 is 13.2. The molecule has 0 fully saturated rings. The van der Waals surface area contributed by atoms with Crippen molar-refractivity contribution < 1.29 is 9.50 Å². The molecule has 19 heavy (non-hydrogen) atoms. The van der Waals surface area contributed by atoms with E-state index in [0.29, 0.717) is 6.42 Å². The van der Waals surface area contributed by atoms with Crippen LogP contribution in [0.4, 0.5) is 4.39 Å². The molecular formula is C17H19FO. The van der Waals surface area contributed by atoms with Crippen LogP contribution in [-0.4, -0.2) is 5.11 Å². The predicted octanol–water partition coefficient (Wildman–Crippen LogP) is 3.89. The lowest BCUT2D eigenvalue weighted by Gasteiger charge is -2.26. The van der Waals surface area contributed by atoms with E-state index in [4.69, 9.17) is 0 Å². The van der Waals surface area contributed by atoms with E-state index in [-0.39, 0.29) is 5.82 Å². The first-order chi connectivity index (χ1) is 8.90. The number of benzene rings is 2. The lowest BCUT2D eigenvalue weighted by Crippen LogP contribution is -2.25. The molecule has 0 spiro atoms. The highest BCUT2D eigenvalue weighted by molar-refractivity contribution is 5.38. The van der Waals surface area contributed by atoms with Crippen LogP contribution in [0.15, 0.2) is 42.5 Å². The molecule has 0 aliphatic rings. The molecule has 0 saturated carbocycles. The average Bonchev–Trinajstić information content (AvgIpc) is 2.32. The maximum Gasteiger partial charge on any atom is 0.123 e. The Morgan fingerprint density at radius 1 is 1.11 bits per heavy atom. The summed E-state index contributed by atoms with van der Waals surface area (Å²) in [4.78, 5) is 0. The second kappa shape index (κ2) is 5.14. The van der Waals surface area contributed by atoms with E-state index in [1.54, 1.807) is 13.0 Å². The molecule has 1 unspecified atom stereocenters. The molecule has 100 valence electrons. The van der Waals surface area contributed by atoms with Crippen molar-refractivity contribution in [2.24, 2.45) is 0 Å². The second-order valence-corrected chi connectivity index (χ2v) is 5.33. The van der Waals surface area contributed by atoms with E-state index in [0.717, 1.165) is 22.3 Å². The first-order valence-corrected chi connectivity index (χ1v) is 6.44. The van der Waals surface area contributed by atoms with E-state index in [2.05, 4.69) is 0 Å². The molecular weight excluding hydrogens is 239 g/mol. The van der Waals surface area contributed by atoms with Gasteiger partial charge in [0.25, 0.3) is 0 Å². The highest BCUT2D eigenvalue weighted by Gasteiger charge is 2.25. The normalized spacial score (nSPS) is 14.2. The van der Waals surface area contributed by atoms with E-state index in [1.165, 1.54) is 12.1 Å². The van der Waals surface area contributed by atoms with Gasteiger partial charge in [0.2, 0.25) is 0 Å². The Kier molecular flexibility index (Phi) is 3.72. The van der Waals surface area contributed by atoms with Gasteiger partial charge in [-0.1, -0.05) is 30.3 Å². The van der Waals surface area contributed by atoms with E-state index in [1.807, 2.05) is 38.1 Å². The standard InChI is InChI=1S/C17H19FO/c1-12-6-4-9-16(13(12)2)17(3,19)11-14-7-5-8-15(18)10-14/h4-10,19H,11H2,1-3H3. The van der Waals surface area contributed by atoms with Gasteiger partial charge in [-0.05, 0) is 55.2 Å². The fourth-order valence-corrected chi connectivity index (χ4v) is 2.47. The van der Waals surface area contributed by atoms with Crippen molar-refractivity contribution in [2.45, 2.75) is 32.8 Å². The zero-order chi connectivity index (χ0) is 14.0.